The molecule has 0 spiro atoms. The van der Waals surface area contributed by atoms with E-state index in [1.165, 1.54) is 7.11 Å². The summed E-state index contributed by atoms with van der Waals surface area (Å²) >= 11 is 5.20. The van der Waals surface area contributed by atoms with Gasteiger partial charge in [-0.1, -0.05) is 30.3 Å². The summed E-state index contributed by atoms with van der Waals surface area (Å²) in [7, 11) is 1.54. The highest BCUT2D eigenvalue weighted by atomic mass is 32.1. The molecule has 0 unspecified atom stereocenters. The van der Waals surface area contributed by atoms with Gasteiger partial charge in [0.05, 0.1) is 13.3 Å². The van der Waals surface area contributed by atoms with E-state index in [4.69, 9.17) is 21.7 Å². The maximum atomic E-state index is 11.5. The highest BCUT2D eigenvalue weighted by Gasteiger charge is 2.07. The topological polar surface area (TPSA) is 84.0 Å². The molecule has 7 nitrogen and oxygen atoms in total. The molecule has 0 aromatic heterocycles. The number of thiocarbonyl (C=S) groups is 1. The first-order chi connectivity index (χ1) is 13.6. The van der Waals surface area contributed by atoms with Gasteiger partial charge < -0.3 is 20.1 Å². The molecule has 1 amide bonds. The summed E-state index contributed by atoms with van der Waals surface area (Å²) in [5.41, 5.74) is 4.69. The molecular weight excluding hydrogens is 376 g/mol. The number of carbonyl (C=O) groups is 1. The van der Waals surface area contributed by atoms with Crippen molar-refractivity contribution < 1.29 is 14.3 Å². The number of hydrogen-bond donors (Lipinski definition) is 3. The van der Waals surface area contributed by atoms with Crippen LogP contribution in [0.15, 0.2) is 53.6 Å². The molecule has 0 bridgehead atoms. The number of methoxy groups -OCH3 is 1. The van der Waals surface area contributed by atoms with Crippen LogP contribution in [-0.4, -0.2) is 37.5 Å². The van der Waals surface area contributed by atoms with Gasteiger partial charge in [-0.05, 0) is 48.5 Å². The number of carbonyl (C=O) groups excluding carboxylic acids is 1. The van der Waals surface area contributed by atoms with E-state index in [1.807, 2.05) is 37.3 Å². The molecule has 0 radical (unpaired) electrons. The number of nitrogens with zero attached hydrogens (tertiary/aromatic N) is 1. The lowest BCUT2D eigenvalue weighted by molar-refractivity contribution is -0.123. The second-order valence-corrected chi connectivity index (χ2v) is 6.10. The minimum Gasteiger partial charge on any atom is -0.493 e. The third-order valence-electron chi connectivity index (χ3n) is 3.60. The molecule has 148 valence electrons. The summed E-state index contributed by atoms with van der Waals surface area (Å²) in [6, 6.07) is 15.2. The van der Waals surface area contributed by atoms with Crippen LogP contribution in [0, 0.1) is 0 Å². The van der Waals surface area contributed by atoms with Crippen molar-refractivity contribution in [2.75, 3.05) is 20.3 Å². The number of hydrogen-bond acceptors (Lipinski definition) is 5. The Kier molecular flexibility index (Phi) is 8.74. The average molecular weight is 401 g/mol. The van der Waals surface area contributed by atoms with E-state index in [-0.39, 0.29) is 12.5 Å². The smallest absolute Gasteiger partial charge is 0.257 e. The Bertz CT molecular complexity index is 812. The van der Waals surface area contributed by atoms with Crippen LogP contribution in [0.4, 0.5) is 0 Å². The number of ether oxygens (including phenoxy) is 2. The fourth-order valence-corrected chi connectivity index (χ4v) is 2.38. The maximum Gasteiger partial charge on any atom is 0.257 e. The molecule has 3 N–H and O–H groups in total. The van der Waals surface area contributed by atoms with E-state index < -0.39 is 0 Å². The van der Waals surface area contributed by atoms with Crippen LogP contribution in [0.1, 0.15) is 18.1 Å². The monoisotopic (exact) mass is 400 g/mol. The van der Waals surface area contributed by atoms with Crippen molar-refractivity contribution in [1.82, 2.24) is 16.1 Å². The van der Waals surface area contributed by atoms with Gasteiger partial charge in [0.15, 0.2) is 23.2 Å². The number of nitrogens with one attached hydrogen (secondary N) is 3. The molecule has 0 aliphatic carbocycles. The lowest BCUT2D eigenvalue weighted by Crippen LogP contribution is -2.31. The van der Waals surface area contributed by atoms with Crippen molar-refractivity contribution in [3.63, 3.8) is 0 Å². The third-order valence-corrected chi connectivity index (χ3v) is 3.83. The highest BCUT2D eigenvalue weighted by Crippen LogP contribution is 2.27. The van der Waals surface area contributed by atoms with Gasteiger partial charge >= 0.3 is 0 Å². The molecule has 0 saturated carbocycles. The summed E-state index contributed by atoms with van der Waals surface area (Å²) in [6.45, 7) is 2.96. The van der Waals surface area contributed by atoms with Gasteiger partial charge in [-0.25, -0.2) is 0 Å². The van der Waals surface area contributed by atoms with Crippen LogP contribution < -0.4 is 25.5 Å². The second-order valence-electron chi connectivity index (χ2n) is 5.69. The van der Waals surface area contributed by atoms with Gasteiger partial charge in [0.2, 0.25) is 0 Å². The van der Waals surface area contributed by atoms with Crippen molar-refractivity contribution in [3.05, 3.63) is 59.7 Å². The summed E-state index contributed by atoms with van der Waals surface area (Å²) in [4.78, 5) is 11.5. The quantitative estimate of drug-likeness (QED) is 0.340. The predicted molar refractivity (Wildman–Crippen MR) is 114 cm³/mol. The van der Waals surface area contributed by atoms with Gasteiger partial charge in [0.25, 0.3) is 5.91 Å². The van der Waals surface area contributed by atoms with Crippen LogP contribution in [0.25, 0.3) is 0 Å². The Morgan fingerprint density at radius 1 is 1.14 bits per heavy atom. The van der Waals surface area contributed by atoms with E-state index in [0.717, 1.165) is 11.1 Å². The Hall–Kier alpha value is -3.13. The van der Waals surface area contributed by atoms with Crippen LogP contribution in [0.5, 0.6) is 11.5 Å². The molecule has 0 fully saturated rings. The summed E-state index contributed by atoms with van der Waals surface area (Å²) in [5.74, 6) is 0.813. The van der Waals surface area contributed by atoms with Crippen molar-refractivity contribution in [1.29, 1.82) is 0 Å². The first-order valence-electron chi connectivity index (χ1n) is 8.80. The molecule has 8 heteroatoms. The zero-order valence-electron chi connectivity index (χ0n) is 15.9. The molecular formula is C20H24N4O3S. The van der Waals surface area contributed by atoms with E-state index in [0.29, 0.717) is 29.7 Å². The van der Waals surface area contributed by atoms with Crippen LogP contribution in [0.2, 0.25) is 0 Å². The van der Waals surface area contributed by atoms with Crippen LogP contribution in [-0.2, 0) is 11.3 Å². The Morgan fingerprint density at radius 2 is 1.93 bits per heavy atom. The molecule has 0 aliphatic rings. The number of hydrazone groups is 1. The number of amides is 1. The number of benzene rings is 2. The van der Waals surface area contributed by atoms with E-state index >= 15 is 0 Å². The molecule has 2 aromatic carbocycles. The predicted octanol–water partition coefficient (Wildman–Crippen LogP) is 2.21. The Labute approximate surface area is 170 Å². The standard InChI is InChI=1S/C20H24N4O3S/c1-3-21-19(25)14-27-17-10-9-16(11-18(17)26-2)13-23-24-20(28)22-12-15-7-5-4-6-8-15/h4-11,13H,3,12,14H2,1-2H3,(H,21,25)(H2,22,24,28)/b23-13+. The fourth-order valence-electron chi connectivity index (χ4n) is 2.26. The summed E-state index contributed by atoms with van der Waals surface area (Å²) in [5, 5.41) is 10.3. The van der Waals surface area contributed by atoms with Crippen molar-refractivity contribution in [2.24, 2.45) is 5.10 Å². The molecule has 0 aliphatic heterocycles. The van der Waals surface area contributed by atoms with Crippen LogP contribution >= 0.6 is 12.2 Å². The zero-order valence-corrected chi connectivity index (χ0v) is 16.7. The first-order valence-corrected chi connectivity index (χ1v) is 9.21. The largest absolute Gasteiger partial charge is 0.493 e. The average Bonchev–Trinajstić information content (AvgIpc) is 2.72. The number of likely N-dealkylation sites (N-methyl/N-ethyl adjacent to an activating group) is 1. The van der Waals surface area contributed by atoms with Gasteiger partial charge in [0.1, 0.15) is 0 Å². The first kappa shape index (κ1) is 21.2. The molecule has 0 heterocycles. The van der Waals surface area contributed by atoms with Crippen LogP contribution in [0.3, 0.4) is 0 Å². The lowest BCUT2D eigenvalue weighted by Gasteiger charge is -2.11. The Balaban J connectivity index is 1.85. The second kappa shape index (κ2) is 11.6. The van der Waals surface area contributed by atoms with E-state index in [9.17, 15) is 4.79 Å². The van der Waals surface area contributed by atoms with E-state index in [2.05, 4.69) is 21.2 Å². The van der Waals surface area contributed by atoms with Crippen molar-refractivity contribution >= 4 is 29.5 Å². The summed E-state index contributed by atoms with van der Waals surface area (Å²) in [6.07, 6.45) is 1.62. The van der Waals surface area contributed by atoms with Gasteiger partial charge in [-0.2, -0.15) is 5.10 Å². The highest BCUT2D eigenvalue weighted by molar-refractivity contribution is 7.80. The van der Waals surface area contributed by atoms with Gasteiger partial charge in [-0.15, -0.1) is 0 Å². The van der Waals surface area contributed by atoms with E-state index in [1.54, 1.807) is 24.4 Å². The number of rotatable bonds is 9. The maximum absolute atomic E-state index is 11.5. The third kappa shape index (κ3) is 7.24. The molecule has 28 heavy (non-hydrogen) atoms. The lowest BCUT2D eigenvalue weighted by atomic mass is 10.2. The minimum absolute atomic E-state index is 0.0689. The SMILES string of the molecule is CCNC(=O)COc1ccc(/C=N/NC(=S)NCc2ccccc2)cc1OC. The van der Waals surface area contributed by atoms with Gasteiger partial charge in [0, 0.05) is 13.1 Å². The zero-order chi connectivity index (χ0) is 20.2. The Morgan fingerprint density at radius 3 is 2.64 bits per heavy atom. The molecule has 2 rings (SSSR count). The molecule has 2 aromatic rings. The van der Waals surface area contributed by atoms with Crippen molar-refractivity contribution in [2.45, 2.75) is 13.5 Å². The normalized spacial score (nSPS) is 10.4. The summed E-state index contributed by atoms with van der Waals surface area (Å²) < 4.78 is 10.8. The van der Waals surface area contributed by atoms with Gasteiger partial charge in [-0.3, -0.25) is 10.2 Å². The van der Waals surface area contributed by atoms with Crippen molar-refractivity contribution in [3.8, 4) is 11.5 Å². The molecule has 0 atom stereocenters. The fraction of sp³-hybridized carbons (Fsp3) is 0.250. The minimum atomic E-state index is -0.184. The molecule has 0 saturated heterocycles.